The van der Waals surface area contributed by atoms with Crippen molar-refractivity contribution in [1.82, 2.24) is 4.98 Å². The van der Waals surface area contributed by atoms with Gasteiger partial charge >= 0.3 is 5.97 Å². The van der Waals surface area contributed by atoms with Gasteiger partial charge in [0.2, 0.25) is 0 Å². The molecule has 2 N–H and O–H groups in total. The van der Waals surface area contributed by atoms with Crippen LogP contribution in [-0.4, -0.2) is 41.0 Å². The molecule has 0 unspecified atom stereocenters. The van der Waals surface area contributed by atoms with Gasteiger partial charge in [0.25, 0.3) is 5.09 Å². The number of carbonyl (C=O) groups is 1. The number of aromatic nitrogens is 1. The molecule has 1 aromatic heterocycles. The number of fused-ring (bicyclic) bond motifs is 1. The molecule has 0 atom stereocenters. The van der Waals surface area contributed by atoms with Crippen LogP contribution in [0.3, 0.4) is 0 Å². The van der Waals surface area contributed by atoms with E-state index in [-0.39, 0.29) is 36.3 Å². The van der Waals surface area contributed by atoms with Gasteiger partial charge in [-0.15, -0.1) is 10.1 Å². The highest BCUT2D eigenvalue weighted by Crippen LogP contribution is 2.37. The fraction of sp³-hybridized carbons (Fsp3) is 0.400. The fourth-order valence-electron chi connectivity index (χ4n) is 2.35. The van der Waals surface area contributed by atoms with E-state index in [2.05, 4.69) is 9.82 Å². The SMILES string of the molecule is COc1c(O)cc(CCO[N+](=O)[O-])c2cc(C(=O)OC(C)C)[nH]c12. The van der Waals surface area contributed by atoms with Crippen molar-refractivity contribution in [2.45, 2.75) is 26.4 Å². The van der Waals surface area contributed by atoms with Gasteiger partial charge in [-0.05, 0) is 38.0 Å². The molecule has 0 spiro atoms. The molecule has 0 aliphatic heterocycles. The van der Waals surface area contributed by atoms with Crippen LogP contribution in [0.2, 0.25) is 0 Å². The minimum Gasteiger partial charge on any atom is -0.504 e. The zero-order valence-corrected chi connectivity index (χ0v) is 13.5. The van der Waals surface area contributed by atoms with Crippen LogP contribution in [0.15, 0.2) is 12.1 Å². The Balaban J connectivity index is 2.44. The van der Waals surface area contributed by atoms with Gasteiger partial charge in [-0.25, -0.2) is 4.79 Å². The first kappa shape index (κ1) is 17.4. The quantitative estimate of drug-likeness (QED) is 0.450. The maximum Gasteiger partial charge on any atom is 0.355 e. The Morgan fingerprint density at radius 1 is 1.42 bits per heavy atom. The first-order chi connectivity index (χ1) is 11.3. The molecule has 0 fully saturated rings. The van der Waals surface area contributed by atoms with Crippen LogP contribution in [0.4, 0.5) is 0 Å². The average Bonchev–Trinajstić information content (AvgIpc) is 2.91. The number of hydrogen-bond donors (Lipinski definition) is 2. The Hall–Kier alpha value is -2.97. The lowest BCUT2D eigenvalue weighted by molar-refractivity contribution is -0.757. The Labute approximate surface area is 137 Å². The van der Waals surface area contributed by atoms with E-state index in [1.165, 1.54) is 13.2 Å². The van der Waals surface area contributed by atoms with E-state index in [4.69, 9.17) is 9.47 Å². The van der Waals surface area contributed by atoms with Crippen molar-refractivity contribution in [3.05, 3.63) is 33.5 Å². The second-order valence-corrected chi connectivity index (χ2v) is 5.32. The number of aromatic amines is 1. The number of rotatable bonds is 7. The Morgan fingerprint density at radius 3 is 2.71 bits per heavy atom. The second kappa shape index (κ2) is 7.07. The maximum absolute atomic E-state index is 12.1. The first-order valence-electron chi connectivity index (χ1n) is 7.23. The zero-order valence-electron chi connectivity index (χ0n) is 13.5. The van der Waals surface area contributed by atoms with Crippen molar-refractivity contribution in [2.75, 3.05) is 13.7 Å². The van der Waals surface area contributed by atoms with Crippen LogP contribution >= 0.6 is 0 Å². The van der Waals surface area contributed by atoms with Gasteiger partial charge in [-0.3, -0.25) is 0 Å². The molecule has 1 heterocycles. The van der Waals surface area contributed by atoms with Gasteiger partial charge in [-0.2, -0.15) is 0 Å². The Bertz CT molecular complexity index is 767. The Morgan fingerprint density at radius 2 is 2.12 bits per heavy atom. The normalized spacial score (nSPS) is 10.8. The van der Waals surface area contributed by atoms with Crippen molar-refractivity contribution in [2.24, 2.45) is 0 Å². The third kappa shape index (κ3) is 3.67. The molecule has 9 nitrogen and oxygen atoms in total. The lowest BCUT2D eigenvalue weighted by atomic mass is 10.1. The van der Waals surface area contributed by atoms with E-state index in [9.17, 15) is 20.0 Å². The van der Waals surface area contributed by atoms with E-state index in [1.54, 1.807) is 19.9 Å². The highest BCUT2D eigenvalue weighted by atomic mass is 16.9. The number of methoxy groups -OCH3 is 1. The van der Waals surface area contributed by atoms with Gasteiger partial charge < -0.3 is 24.4 Å². The molecule has 24 heavy (non-hydrogen) atoms. The molecule has 0 amide bonds. The van der Waals surface area contributed by atoms with Gasteiger partial charge in [0.1, 0.15) is 12.3 Å². The minimum atomic E-state index is -0.886. The lowest BCUT2D eigenvalue weighted by Gasteiger charge is -2.09. The summed E-state index contributed by atoms with van der Waals surface area (Å²) in [6.07, 6.45) is -0.113. The highest BCUT2D eigenvalue weighted by Gasteiger charge is 2.19. The van der Waals surface area contributed by atoms with E-state index >= 15 is 0 Å². The van der Waals surface area contributed by atoms with Gasteiger partial charge in [0.05, 0.1) is 18.7 Å². The second-order valence-electron chi connectivity index (χ2n) is 5.32. The topological polar surface area (TPSA) is 124 Å². The summed E-state index contributed by atoms with van der Waals surface area (Å²) in [5.74, 6) is -0.519. The number of esters is 1. The fourth-order valence-corrected chi connectivity index (χ4v) is 2.35. The standard InChI is InChI=1S/C15H18N2O7/c1-8(2)24-15(19)11-7-10-9(4-5-23-17(20)21)6-12(18)14(22-3)13(10)16-11/h6-8,16,18H,4-5H2,1-3H3. The molecule has 130 valence electrons. The van der Waals surface area contributed by atoms with E-state index < -0.39 is 11.1 Å². The van der Waals surface area contributed by atoms with Crippen molar-refractivity contribution in [3.63, 3.8) is 0 Å². The summed E-state index contributed by atoms with van der Waals surface area (Å²) in [6, 6.07) is 2.99. The summed E-state index contributed by atoms with van der Waals surface area (Å²) in [5, 5.41) is 20.0. The number of benzene rings is 1. The molecule has 0 saturated carbocycles. The highest BCUT2D eigenvalue weighted by molar-refractivity contribution is 5.99. The van der Waals surface area contributed by atoms with E-state index in [0.717, 1.165) is 0 Å². The molecule has 0 aliphatic rings. The minimum absolute atomic E-state index is 0.147. The third-order valence-electron chi connectivity index (χ3n) is 3.27. The zero-order chi connectivity index (χ0) is 17.9. The van der Waals surface area contributed by atoms with E-state index in [1.807, 2.05) is 0 Å². The molecule has 0 bridgehead atoms. The molecule has 1 aromatic carbocycles. The summed E-state index contributed by atoms with van der Waals surface area (Å²) in [4.78, 5) is 29.5. The molecular weight excluding hydrogens is 320 g/mol. The number of hydrogen-bond acceptors (Lipinski definition) is 7. The molecular formula is C15H18N2O7. The first-order valence-corrected chi connectivity index (χ1v) is 7.23. The van der Waals surface area contributed by atoms with Crippen LogP contribution in [0, 0.1) is 10.1 Å². The van der Waals surface area contributed by atoms with Crippen LogP contribution in [-0.2, 0) is 16.0 Å². The molecule has 0 aliphatic carbocycles. The van der Waals surface area contributed by atoms with Crippen LogP contribution in [0.1, 0.15) is 29.9 Å². The number of nitrogens with one attached hydrogen (secondary N) is 1. The van der Waals surface area contributed by atoms with Gasteiger partial charge in [-0.1, -0.05) is 0 Å². The van der Waals surface area contributed by atoms with Crippen molar-refractivity contribution >= 4 is 16.9 Å². The molecule has 2 rings (SSSR count). The van der Waals surface area contributed by atoms with Crippen molar-refractivity contribution in [3.8, 4) is 11.5 Å². The predicted octanol–water partition coefficient (Wildman–Crippen LogP) is 2.20. The van der Waals surface area contributed by atoms with Crippen molar-refractivity contribution in [1.29, 1.82) is 0 Å². The lowest BCUT2D eigenvalue weighted by Crippen LogP contribution is -2.11. The number of phenolic OH excluding ortho intramolecular Hbond substituents is 1. The number of aromatic hydroxyl groups is 1. The van der Waals surface area contributed by atoms with E-state index in [0.29, 0.717) is 16.5 Å². The predicted molar refractivity (Wildman–Crippen MR) is 83.7 cm³/mol. The van der Waals surface area contributed by atoms with Gasteiger partial charge in [0.15, 0.2) is 11.5 Å². The average molecular weight is 338 g/mol. The smallest absolute Gasteiger partial charge is 0.355 e. The number of H-pyrrole nitrogens is 1. The molecule has 2 aromatic rings. The summed E-state index contributed by atoms with van der Waals surface area (Å²) in [7, 11) is 1.39. The number of carbonyl (C=O) groups excluding carboxylic acids is 1. The molecule has 0 radical (unpaired) electrons. The molecule has 0 saturated heterocycles. The molecule has 9 heteroatoms. The monoisotopic (exact) mass is 338 g/mol. The van der Waals surface area contributed by atoms with Crippen LogP contribution < -0.4 is 4.74 Å². The number of ether oxygens (including phenoxy) is 2. The summed E-state index contributed by atoms with van der Waals surface area (Å²) in [6.45, 7) is 3.28. The van der Waals surface area contributed by atoms with Gasteiger partial charge in [0, 0.05) is 5.39 Å². The maximum atomic E-state index is 12.1. The van der Waals surface area contributed by atoms with Crippen LogP contribution in [0.25, 0.3) is 10.9 Å². The Kier molecular flexibility index (Phi) is 5.12. The largest absolute Gasteiger partial charge is 0.504 e. The van der Waals surface area contributed by atoms with Crippen molar-refractivity contribution < 1.29 is 29.3 Å². The number of nitrogens with zero attached hydrogens (tertiary/aromatic N) is 1. The summed E-state index contributed by atoms with van der Waals surface area (Å²) < 4.78 is 10.3. The van der Waals surface area contributed by atoms with Crippen LogP contribution in [0.5, 0.6) is 11.5 Å². The summed E-state index contributed by atoms with van der Waals surface area (Å²) >= 11 is 0. The third-order valence-corrected chi connectivity index (χ3v) is 3.27. The summed E-state index contributed by atoms with van der Waals surface area (Å²) in [5.41, 5.74) is 1.17. The number of phenols is 1.